The van der Waals surface area contributed by atoms with Crippen LogP contribution in [-0.4, -0.2) is 34.4 Å². The van der Waals surface area contributed by atoms with Crippen molar-refractivity contribution in [3.05, 3.63) is 34.9 Å². The van der Waals surface area contributed by atoms with Crippen LogP contribution in [0.25, 0.3) is 6.08 Å². The van der Waals surface area contributed by atoms with Gasteiger partial charge in [-0.25, -0.2) is 4.79 Å². The summed E-state index contributed by atoms with van der Waals surface area (Å²) in [6.45, 7) is 4.05. The van der Waals surface area contributed by atoms with Crippen LogP contribution in [0.3, 0.4) is 0 Å². The van der Waals surface area contributed by atoms with E-state index in [4.69, 9.17) is 14.2 Å². The first-order valence-corrected chi connectivity index (χ1v) is 7.19. The Morgan fingerprint density at radius 2 is 1.70 bits per heavy atom. The third-order valence-electron chi connectivity index (χ3n) is 3.28. The lowest BCUT2D eigenvalue weighted by atomic mass is 10.00. The molecular formula is C18H24O5. The third kappa shape index (κ3) is 4.77. The zero-order valence-corrected chi connectivity index (χ0v) is 14.6. The fraction of sp³-hybridized carbons (Fsp3) is 0.389. The molecule has 0 fully saturated rings. The van der Waals surface area contributed by atoms with Gasteiger partial charge >= 0.3 is 5.97 Å². The van der Waals surface area contributed by atoms with Gasteiger partial charge in [0.2, 0.25) is 5.75 Å². The van der Waals surface area contributed by atoms with Crippen LogP contribution in [0.1, 0.15) is 25.0 Å². The van der Waals surface area contributed by atoms with Crippen LogP contribution >= 0.6 is 0 Å². The van der Waals surface area contributed by atoms with Crippen molar-refractivity contribution >= 4 is 12.0 Å². The summed E-state index contributed by atoms with van der Waals surface area (Å²) in [5, 5.41) is 0. The summed E-state index contributed by atoms with van der Waals surface area (Å²) in [7, 11) is 6.04. The molecule has 1 aromatic rings. The van der Waals surface area contributed by atoms with Gasteiger partial charge in [0.1, 0.15) is 0 Å². The van der Waals surface area contributed by atoms with E-state index >= 15 is 0 Å². The maximum absolute atomic E-state index is 11.4. The second kappa shape index (κ2) is 8.88. The topological polar surface area (TPSA) is 54.0 Å². The number of methoxy groups -OCH3 is 4. The van der Waals surface area contributed by atoms with Gasteiger partial charge in [-0.15, -0.1) is 0 Å². The zero-order valence-electron chi connectivity index (χ0n) is 14.6. The van der Waals surface area contributed by atoms with Crippen molar-refractivity contribution in [1.29, 1.82) is 0 Å². The summed E-state index contributed by atoms with van der Waals surface area (Å²) in [5.41, 5.74) is 2.90. The molecule has 0 aliphatic carbocycles. The summed E-state index contributed by atoms with van der Waals surface area (Å²) in [4.78, 5) is 11.4. The highest BCUT2D eigenvalue weighted by molar-refractivity contribution is 5.87. The molecule has 0 bridgehead atoms. The Morgan fingerprint density at radius 3 is 2.17 bits per heavy atom. The molecule has 0 amide bonds. The molecule has 1 rings (SSSR count). The van der Waals surface area contributed by atoms with Gasteiger partial charge < -0.3 is 18.9 Å². The Balaban J connectivity index is 3.53. The van der Waals surface area contributed by atoms with Gasteiger partial charge in [-0.05, 0) is 38.0 Å². The number of esters is 1. The average Bonchev–Trinajstić information content (AvgIpc) is 2.56. The Labute approximate surface area is 137 Å². The second-order valence-corrected chi connectivity index (χ2v) is 5.06. The fourth-order valence-corrected chi connectivity index (χ4v) is 2.13. The molecule has 1 aromatic carbocycles. The molecule has 0 radical (unpaired) electrons. The number of rotatable bonds is 7. The van der Waals surface area contributed by atoms with E-state index in [1.54, 1.807) is 27.4 Å². The molecule has 126 valence electrons. The Kier molecular flexibility index (Phi) is 7.19. The van der Waals surface area contributed by atoms with Crippen molar-refractivity contribution in [3.63, 3.8) is 0 Å². The molecule has 0 saturated heterocycles. The molecule has 0 heterocycles. The normalized spacial score (nSPS) is 10.3. The third-order valence-corrected chi connectivity index (χ3v) is 3.28. The van der Waals surface area contributed by atoms with Crippen molar-refractivity contribution in [2.45, 2.75) is 20.3 Å². The van der Waals surface area contributed by atoms with E-state index in [0.29, 0.717) is 23.7 Å². The van der Waals surface area contributed by atoms with Gasteiger partial charge in [-0.1, -0.05) is 11.6 Å². The van der Waals surface area contributed by atoms with Crippen molar-refractivity contribution in [2.75, 3.05) is 28.4 Å². The van der Waals surface area contributed by atoms with E-state index in [-0.39, 0.29) is 0 Å². The number of benzene rings is 1. The SMILES string of the molecule is COC(=O)/C=C/c1cc(OC)c(OC)c(OC)c1CC=C(C)C. The lowest BCUT2D eigenvalue weighted by Gasteiger charge is -2.18. The summed E-state index contributed by atoms with van der Waals surface area (Å²) < 4.78 is 21.0. The van der Waals surface area contributed by atoms with Crippen LogP contribution in [0.4, 0.5) is 0 Å². The average molecular weight is 320 g/mol. The smallest absolute Gasteiger partial charge is 0.330 e. The van der Waals surface area contributed by atoms with E-state index in [1.165, 1.54) is 18.8 Å². The largest absolute Gasteiger partial charge is 0.493 e. The molecule has 0 saturated carbocycles. The van der Waals surface area contributed by atoms with E-state index in [0.717, 1.165) is 11.1 Å². The molecule has 0 N–H and O–H groups in total. The predicted molar refractivity (Wildman–Crippen MR) is 90.3 cm³/mol. The zero-order chi connectivity index (χ0) is 17.4. The highest BCUT2D eigenvalue weighted by Crippen LogP contribution is 2.42. The monoisotopic (exact) mass is 320 g/mol. The fourth-order valence-electron chi connectivity index (χ4n) is 2.13. The molecular weight excluding hydrogens is 296 g/mol. The standard InChI is InChI=1S/C18H24O5/c1-12(2)7-9-14-13(8-10-16(19)21-4)11-15(20-3)18(23-6)17(14)22-5/h7-8,10-11H,9H2,1-6H3/b10-8+. The van der Waals surface area contributed by atoms with Gasteiger partial charge in [0.25, 0.3) is 0 Å². The van der Waals surface area contributed by atoms with Crippen molar-refractivity contribution in [1.82, 2.24) is 0 Å². The minimum absolute atomic E-state index is 0.424. The van der Waals surface area contributed by atoms with Gasteiger partial charge in [0.15, 0.2) is 11.5 Å². The number of hydrogen-bond acceptors (Lipinski definition) is 5. The van der Waals surface area contributed by atoms with E-state index < -0.39 is 5.97 Å². The quantitative estimate of drug-likeness (QED) is 0.438. The van der Waals surface area contributed by atoms with Gasteiger partial charge in [-0.2, -0.15) is 0 Å². The van der Waals surface area contributed by atoms with E-state index in [1.807, 2.05) is 19.9 Å². The Hall–Kier alpha value is -2.43. The second-order valence-electron chi connectivity index (χ2n) is 5.06. The first-order chi connectivity index (χ1) is 11.0. The van der Waals surface area contributed by atoms with Crippen LogP contribution in [-0.2, 0) is 16.0 Å². The van der Waals surface area contributed by atoms with Crippen LogP contribution in [0.15, 0.2) is 23.8 Å². The summed E-state index contributed by atoms with van der Waals surface area (Å²) in [6, 6.07) is 1.81. The van der Waals surface area contributed by atoms with E-state index in [2.05, 4.69) is 10.8 Å². The molecule has 5 heteroatoms. The summed E-state index contributed by atoms with van der Waals surface area (Å²) >= 11 is 0. The van der Waals surface area contributed by atoms with Crippen molar-refractivity contribution < 1.29 is 23.7 Å². The summed E-state index contributed by atoms with van der Waals surface area (Å²) in [5.74, 6) is 1.23. The maximum atomic E-state index is 11.4. The van der Waals surface area contributed by atoms with E-state index in [9.17, 15) is 4.79 Å². The molecule has 0 atom stereocenters. The minimum atomic E-state index is -0.424. The molecule has 0 aliphatic rings. The molecule has 0 spiro atoms. The van der Waals surface area contributed by atoms with Crippen molar-refractivity contribution in [2.24, 2.45) is 0 Å². The summed E-state index contributed by atoms with van der Waals surface area (Å²) in [6.07, 6.45) is 5.78. The van der Waals surface area contributed by atoms with Crippen LogP contribution in [0.2, 0.25) is 0 Å². The minimum Gasteiger partial charge on any atom is -0.493 e. The highest BCUT2D eigenvalue weighted by atomic mass is 16.5. The molecule has 0 aromatic heterocycles. The van der Waals surface area contributed by atoms with Crippen LogP contribution in [0.5, 0.6) is 17.2 Å². The lowest BCUT2D eigenvalue weighted by molar-refractivity contribution is -0.134. The maximum Gasteiger partial charge on any atom is 0.330 e. The van der Waals surface area contributed by atoms with Crippen LogP contribution in [0, 0.1) is 0 Å². The number of allylic oxidation sites excluding steroid dienone is 2. The highest BCUT2D eigenvalue weighted by Gasteiger charge is 2.19. The van der Waals surface area contributed by atoms with Crippen LogP contribution < -0.4 is 14.2 Å². The van der Waals surface area contributed by atoms with Gasteiger partial charge in [0, 0.05) is 11.6 Å². The Morgan fingerprint density at radius 1 is 1.04 bits per heavy atom. The molecule has 5 nitrogen and oxygen atoms in total. The van der Waals surface area contributed by atoms with Gasteiger partial charge in [-0.3, -0.25) is 0 Å². The number of carbonyl (C=O) groups excluding carboxylic acids is 1. The van der Waals surface area contributed by atoms with Crippen molar-refractivity contribution in [3.8, 4) is 17.2 Å². The Bertz CT molecular complexity index is 610. The lowest BCUT2D eigenvalue weighted by Crippen LogP contribution is -2.02. The number of carbonyl (C=O) groups is 1. The molecule has 0 unspecified atom stereocenters. The predicted octanol–water partition coefficient (Wildman–Crippen LogP) is 3.41. The van der Waals surface area contributed by atoms with Gasteiger partial charge in [0.05, 0.1) is 28.4 Å². The first-order valence-electron chi connectivity index (χ1n) is 7.19. The number of hydrogen-bond donors (Lipinski definition) is 0. The molecule has 0 aliphatic heterocycles. The first kappa shape index (κ1) is 18.6. The molecule has 23 heavy (non-hydrogen) atoms. The number of ether oxygens (including phenoxy) is 4.